The molecule has 0 N–H and O–H groups in total. The van der Waals surface area contributed by atoms with Crippen molar-refractivity contribution in [3.63, 3.8) is 0 Å². The average molecular weight is 190 g/mol. The van der Waals surface area contributed by atoms with Gasteiger partial charge in [0, 0.05) is 0 Å². The van der Waals surface area contributed by atoms with Gasteiger partial charge in [-0.2, -0.15) is 0 Å². The first-order valence-corrected chi connectivity index (χ1v) is 4.71. The van der Waals surface area contributed by atoms with Crippen molar-refractivity contribution in [2.75, 3.05) is 6.79 Å². The van der Waals surface area contributed by atoms with Crippen molar-refractivity contribution < 1.29 is 14.3 Å². The number of ether oxygens (including phenoxy) is 2. The first kappa shape index (κ1) is 7.85. The average Bonchev–Trinajstić information content (AvgIpc) is 2.89. The lowest BCUT2D eigenvalue weighted by Crippen LogP contribution is -2.07. The summed E-state index contributed by atoms with van der Waals surface area (Å²) in [6.45, 7) is 0.285. The quantitative estimate of drug-likeness (QED) is 0.665. The van der Waals surface area contributed by atoms with Gasteiger partial charge in [0.2, 0.25) is 6.79 Å². The number of carbonyl (C=O) groups excluding carboxylic acids is 1. The minimum Gasteiger partial charge on any atom is -0.454 e. The fourth-order valence-corrected chi connectivity index (χ4v) is 1.82. The topological polar surface area (TPSA) is 35.5 Å². The van der Waals surface area contributed by atoms with Crippen LogP contribution in [0.1, 0.15) is 18.4 Å². The lowest BCUT2D eigenvalue weighted by atomic mass is 9.97. The van der Waals surface area contributed by atoms with Gasteiger partial charge >= 0.3 is 0 Å². The maximum absolute atomic E-state index is 10.9. The van der Waals surface area contributed by atoms with E-state index in [1.807, 2.05) is 18.2 Å². The Kier molecular flexibility index (Phi) is 1.40. The normalized spacial score (nSPS) is 20.6. The molecule has 0 radical (unpaired) electrons. The monoisotopic (exact) mass is 190 g/mol. The second-order valence-corrected chi connectivity index (χ2v) is 3.84. The molecule has 1 heterocycles. The number of fused-ring (bicyclic) bond motifs is 1. The third-order valence-corrected chi connectivity index (χ3v) is 2.96. The largest absolute Gasteiger partial charge is 0.454 e. The fraction of sp³-hybridized carbons (Fsp3) is 0.364. The Bertz CT molecular complexity index is 394. The second kappa shape index (κ2) is 2.50. The van der Waals surface area contributed by atoms with E-state index in [0.717, 1.165) is 36.2 Å². The van der Waals surface area contributed by atoms with E-state index in [0.29, 0.717) is 0 Å². The predicted molar refractivity (Wildman–Crippen MR) is 49.5 cm³/mol. The molecule has 0 amide bonds. The van der Waals surface area contributed by atoms with Gasteiger partial charge in [-0.15, -0.1) is 0 Å². The summed E-state index contributed by atoms with van der Waals surface area (Å²) in [7, 11) is 0. The zero-order valence-corrected chi connectivity index (χ0v) is 7.66. The number of benzene rings is 1. The molecule has 1 aromatic rings. The highest BCUT2D eigenvalue weighted by atomic mass is 16.7. The summed E-state index contributed by atoms with van der Waals surface area (Å²) in [6.07, 6.45) is 2.96. The minimum atomic E-state index is -0.221. The van der Waals surface area contributed by atoms with Crippen LogP contribution in [0, 0.1) is 0 Å². The molecule has 1 fully saturated rings. The van der Waals surface area contributed by atoms with E-state index in [4.69, 9.17) is 9.47 Å². The van der Waals surface area contributed by atoms with Crippen LogP contribution in [-0.2, 0) is 10.2 Å². The van der Waals surface area contributed by atoms with Gasteiger partial charge in [-0.05, 0) is 30.5 Å². The summed E-state index contributed by atoms with van der Waals surface area (Å²) in [5.74, 6) is 1.53. The summed E-state index contributed by atoms with van der Waals surface area (Å²) in [6, 6.07) is 5.75. The predicted octanol–water partition coefficient (Wildman–Crippen LogP) is 1.65. The smallest absolute Gasteiger partial charge is 0.231 e. The van der Waals surface area contributed by atoms with E-state index in [2.05, 4.69) is 0 Å². The molecule has 0 unspecified atom stereocenters. The van der Waals surface area contributed by atoms with Gasteiger partial charge in [0.25, 0.3) is 0 Å². The van der Waals surface area contributed by atoms with Crippen LogP contribution in [0.4, 0.5) is 0 Å². The van der Waals surface area contributed by atoms with Crippen molar-refractivity contribution in [2.45, 2.75) is 18.3 Å². The Labute approximate surface area is 81.6 Å². The molecular formula is C11H10O3. The molecule has 0 atom stereocenters. The van der Waals surface area contributed by atoms with Gasteiger partial charge in [-0.3, -0.25) is 0 Å². The zero-order valence-electron chi connectivity index (χ0n) is 7.66. The third-order valence-electron chi connectivity index (χ3n) is 2.96. The van der Waals surface area contributed by atoms with Crippen LogP contribution >= 0.6 is 0 Å². The standard InChI is InChI=1S/C11H10O3/c12-6-11(3-4-11)8-1-2-9-10(5-8)14-7-13-9/h1-2,5-6H,3-4,7H2. The van der Waals surface area contributed by atoms with Crippen LogP contribution < -0.4 is 9.47 Å². The first-order valence-electron chi connectivity index (χ1n) is 4.71. The summed E-state index contributed by atoms with van der Waals surface area (Å²) in [5.41, 5.74) is 0.831. The van der Waals surface area contributed by atoms with Gasteiger partial charge in [0.1, 0.15) is 6.29 Å². The molecule has 0 bridgehead atoms. The van der Waals surface area contributed by atoms with Crippen molar-refractivity contribution in [1.29, 1.82) is 0 Å². The Balaban J connectivity index is 2.04. The Hall–Kier alpha value is -1.51. The highest BCUT2D eigenvalue weighted by Crippen LogP contribution is 2.48. The third kappa shape index (κ3) is 0.953. The van der Waals surface area contributed by atoms with Gasteiger partial charge < -0.3 is 14.3 Å². The summed E-state index contributed by atoms with van der Waals surface area (Å²) in [5, 5.41) is 0. The van der Waals surface area contributed by atoms with Crippen LogP contribution in [0.5, 0.6) is 11.5 Å². The number of carbonyl (C=O) groups is 1. The number of rotatable bonds is 2. The van der Waals surface area contributed by atoms with Gasteiger partial charge in [-0.25, -0.2) is 0 Å². The zero-order chi connectivity index (χ0) is 9.60. The molecule has 14 heavy (non-hydrogen) atoms. The SMILES string of the molecule is O=CC1(c2ccc3c(c2)OCO3)CC1. The molecular weight excluding hydrogens is 180 g/mol. The van der Waals surface area contributed by atoms with E-state index in [9.17, 15) is 4.79 Å². The summed E-state index contributed by atoms with van der Waals surface area (Å²) < 4.78 is 10.5. The molecule has 1 saturated carbocycles. The Morgan fingerprint density at radius 3 is 2.71 bits per heavy atom. The van der Waals surface area contributed by atoms with E-state index < -0.39 is 0 Å². The van der Waals surface area contributed by atoms with E-state index in [1.54, 1.807) is 0 Å². The highest BCUT2D eigenvalue weighted by molar-refractivity contribution is 5.73. The number of aldehydes is 1. The van der Waals surface area contributed by atoms with Crippen molar-refractivity contribution in [3.05, 3.63) is 23.8 Å². The second-order valence-electron chi connectivity index (χ2n) is 3.84. The van der Waals surface area contributed by atoms with Gasteiger partial charge in [0.15, 0.2) is 11.5 Å². The van der Waals surface area contributed by atoms with E-state index >= 15 is 0 Å². The van der Waals surface area contributed by atoms with Crippen LogP contribution in [-0.4, -0.2) is 13.1 Å². The molecule has 1 aliphatic heterocycles. The van der Waals surface area contributed by atoms with Crippen molar-refractivity contribution in [3.8, 4) is 11.5 Å². The van der Waals surface area contributed by atoms with E-state index in [-0.39, 0.29) is 12.2 Å². The Morgan fingerprint density at radius 1 is 1.21 bits per heavy atom. The number of hydrogen-bond acceptors (Lipinski definition) is 3. The summed E-state index contributed by atoms with van der Waals surface area (Å²) >= 11 is 0. The van der Waals surface area contributed by atoms with Crippen LogP contribution in [0.25, 0.3) is 0 Å². The molecule has 2 aliphatic rings. The molecule has 1 aliphatic carbocycles. The summed E-state index contributed by atoms with van der Waals surface area (Å²) in [4.78, 5) is 10.9. The van der Waals surface area contributed by atoms with E-state index in [1.165, 1.54) is 0 Å². The molecule has 0 aromatic heterocycles. The maximum Gasteiger partial charge on any atom is 0.231 e. The number of hydrogen-bond donors (Lipinski definition) is 0. The molecule has 1 aromatic carbocycles. The van der Waals surface area contributed by atoms with Crippen LogP contribution in [0.3, 0.4) is 0 Å². The van der Waals surface area contributed by atoms with Crippen LogP contribution in [0.15, 0.2) is 18.2 Å². The lowest BCUT2D eigenvalue weighted by Gasteiger charge is -2.07. The molecule has 0 spiro atoms. The molecule has 0 saturated heterocycles. The van der Waals surface area contributed by atoms with Crippen LogP contribution in [0.2, 0.25) is 0 Å². The van der Waals surface area contributed by atoms with Gasteiger partial charge in [-0.1, -0.05) is 6.07 Å². The van der Waals surface area contributed by atoms with Gasteiger partial charge in [0.05, 0.1) is 5.41 Å². The lowest BCUT2D eigenvalue weighted by molar-refractivity contribution is -0.109. The van der Waals surface area contributed by atoms with Crippen molar-refractivity contribution >= 4 is 6.29 Å². The maximum atomic E-state index is 10.9. The first-order chi connectivity index (χ1) is 6.84. The molecule has 3 nitrogen and oxygen atoms in total. The molecule has 72 valence electrons. The minimum absolute atomic E-state index is 0.221. The van der Waals surface area contributed by atoms with Crippen molar-refractivity contribution in [1.82, 2.24) is 0 Å². The van der Waals surface area contributed by atoms with Crippen molar-refractivity contribution in [2.24, 2.45) is 0 Å². The fourth-order valence-electron chi connectivity index (χ4n) is 1.82. The highest BCUT2D eigenvalue weighted by Gasteiger charge is 2.44. The molecule has 3 rings (SSSR count). The Morgan fingerprint density at radius 2 is 2.00 bits per heavy atom. The molecule has 3 heteroatoms.